The zero-order chi connectivity index (χ0) is 25.7. The van der Waals surface area contributed by atoms with Gasteiger partial charge in [-0.1, -0.05) is 25.8 Å². The van der Waals surface area contributed by atoms with E-state index in [1.54, 1.807) is 24.3 Å². The summed E-state index contributed by atoms with van der Waals surface area (Å²) in [5.74, 6) is -2.78. The lowest BCUT2D eigenvalue weighted by atomic mass is 9.81. The Kier molecular flexibility index (Phi) is 7.77. The average molecular weight is 493 g/mol. The molecule has 2 aliphatic rings. The monoisotopic (exact) mass is 492 g/mol. The van der Waals surface area contributed by atoms with Gasteiger partial charge < -0.3 is 14.8 Å². The second-order valence-electron chi connectivity index (χ2n) is 8.90. The molecule has 2 atom stereocenters. The van der Waals surface area contributed by atoms with Gasteiger partial charge in [0.1, 0.15) is 0 Å². The fourth-order valence-corrected chi connectivity index (χ4v) is 4.57. The maximum atomic E-state index is 12.8. The lowest BCUT2D eigenvalue weighted by Crippen LogP contribution is -2.31. The van der Waals surface area contributed by atoms with Crippen LogP contribution < -0.4 is 10.2 Å². The lowest BCUT2D eigenvalue weighted by molar-refractivity contribution is -0.122. The number of fused-ring (bicyclic) bond motifs is 1. The summed E-state index contributed by atoms with van der Waals surface area (Å²) in [4.78, 5) is 63.5. The highest BCUT2D eigenvalue weighted by molar-refractivity contribution is 6.22. The van der Waals surface area contributed by atoms with E-state index in [9.17, 15) is 24.0 Å². The number of ether oxygens (including phenoxy) is 2. The van der Waals surface area contributed by atoms with Gasteiger partial charge in [-0.3, -0.25) is 19.3 Å². The Labute approximate surface area is 208 Å². The van der Waals surface area contributed by atoms with E-state index in [1.165, 1.54) is 29.2 Å². The molecule has 1 aliphatic carbocycles. The molecule has 9 nitrogen and oxygen atoms in total. The van der Waals surface area contributed by atoms with Gasteiger partial charge in [0.05, 0.1) is 35.3 Å². The summed E-state index contributed by atoms with van der Waals surface area (Å²) in [6, 6.07) is 12.3. The fourth-order valence-electron chi connectivity index (χ4n) is 4.57. The standard InChI is InChI=1S/C27H28N2O7/c1-2-14-35-26(33)17-10-12-19(13-11-17)28-23(30)16-36-27(34)18-6-5-7-20(15-18)29-24(31)21-8-3-4-9-22(21)25(29)32/h5-7,10-13,15,21-22H,2-4,8-9,14,16H2,1H3,(H,28,30)/t21-,22-/m0/s1. The van der Waals surface area contributed by atoms with Crippen LogP contribution >= 0.6 is 0 Å². The maximum Gasteiger partial charge on any atom is 0.338 e. The molecule has 4 rings (SSSR count). The topological polar surface area (TPSA) is 119 Å². The average Bonchev–Trinajstić information content (AvgIpc) is 3.16. The summed E-state index contributed by atoms with van der Waals surface area (Å²) >= 11 is 0. The number of carbonyl (C=O) groups is 5. The minimum Gasteiger partial charge on any atom is -0.462 e. The maximum absolute atomic E-state index is 12.8. The molecule has 0 aromatic heterocycles. The van der Waals surface area contributed by atoms with Gasteiger partial charge in [-0.2, -0.15) is 0 Å². The molecule has 1 heterocycles. The zero-order valence-electron chi connectivity index (χ0n) is 20.0. The number of anilines is 2. The molecule has 1 saturated heterocycles. The van der Waals surface area contributed by atoms with Crippen LogP contribution in [-0.2, 0) is 23.9 Å². The molecule has 0 radical (unpaired) electrons. The smallest absolute Gasteiger partial charge is 0.338 e. The van der Waals surface area contributed by atoms with Crippen molar-refractivity contribution < 1.29 is 33.4 Å². The number of hydrogen-bond donors (Lipinski definition) is 1. The Balaban J connectivity index is 1.33. The van der Waals surface area contributed by atoms with Gasteiger partial charge in [-0.15, -0.1) is 0 Å². The van der Waals surface area contributed by atoms with Gasteiger partial charge in [0, 0.05) is 5.69 Å². The quantitative estimate of drug-likeness (QED) is 0.440. The first-order chi connectivity index (χ1) is 17.4. The van der Waals surface area contributed by atoms with Gasteiger partial charge in [-0.05, 0) is 61.7 Å². The SMILES string of the molecule is CCCOC(=O)c1ccc(NC(=O)COC(=O)c2cccc(N3C(=O)[C@H]4CCCC[C@@H]4C3=O)c2)cc1. The summed E-state index contributed by atoms with van der Waals surface area (Å²) in [7, 11) is 0. The van der Waals surface area contributed by atoms with Crippen LogP contribution in [0.5, 0.6) is 0 Å². The molecular formula is C27H28N2O7. The third-order valence-corrected chi connectivity index (χ3v) is 6.36. The Morgan fingerprint density at radius 2 is 1.53 bits per heavy atom. The summed E-state index contributed by atoms with van der Waals surface area (Å²) in [6.45, 7) is 1.70. The number of nitrogens with one attached hydrogen (secondary N) is 1. The second kappa shape index (κ2) is 11.2. The van der Waals surface area contributed by atoms with Crippen LogP contribution in [0.2, 0.25) is 0 Å². The lowest BCUT2D eigenvalue weighted by Gasteiger charge is -2.19. The van der Waals surface area contributed by atoms with E-state index in [-0.39, 0.29) is 29.2 Å². The molecule has 0 unspecified atom stereocenters. The van der Waals surface area contributed by atoms with Crippen molar-refractivity contribution in [2.24, 2.45) is 11.8 Å². The Morgan fingerprint density at radius 3 is 2.17 bits per heavy atom. The summed E-state index contributed by atoms with van der Waals surface area (Å²) in [6.07, 6.45) is 3.98. The Morgan fingerprint density at radius 1 is 0.889 bits per heavy atom. The third kappa shape index (κ3) is 5.45. The summed E-state index contributed by atoms with van der Waals surface area (Å²) in [5, 5.41) is 2.59. The van der Waals surface area contributed by atoms with Crippen molar-refractivity contribution in [3.63, 3.8) is 0 Å². The minimum absolute atomic E-state index is 0.130. The van der Waals surface area contributed by atoms with Crippen LogP contribution in [0.25, 0.3) is 0 Å². The number of benzene rings is 2. The highest BCUT2D eigenvalue weighted by atomic mass is 16.5. The van der Waals surface area contributed by atoms with Crippen molar-refractivity contribution in [2.45, 2.75) is 39.0 Å². The molecule has 2 aromatic carbocycles. The van der Waals surface area contributed by atoms with Crippen LogP contribution in [0, 0.1) is 11.8 Å². The van der Waals surface area contributed by atoms with E-state index < -0.39 is 24.5 Å². The predicted molar refractivity (Wildman–Crippen MR) is 130 cm³/mol. The van der Waals surface area contributed by atoms with Crippen molar-refractivity contribution in [1.29, 1.82) is 0 Å². The number of carbonyl (C=O) groups excluding carboxylic acids is 5. The largest absolute Gasteiger partial charge is 0.462 e. The summed E-state index contributed by atoms with van der Waals surface area (Å²) in [5.41, 5.74) is 1.25. The van der Waals surface area contributed by atoms with Crippen LogP contribution in [0.4, 0.5) is 11.4 Å². The zero-order valence-corrected chi connectivity index (χ0v) is 20.0. The van der Waals surface area contributed by atoms with Gasteiger partial charge in [0.2, 0.25) is 11.8 Å². The molecule has 36 heavy (non-hydrogen) atoms. The molecule has 0 spiro atoms. The van der Waals surface area contributed by atoms with Crippen molar-refractivity contribution in [1.82, 2.24) is 0 Å². The first-order valence-corrected chi connectivity index (χ1v) is 12.1. The van der Waals surface area contributed by atoms with Crippen LogP contribution in [0.3, 0.4) is 0 Å². The number of rotatable bonds is 8. The molecule has 188 valence electrons. The molecule has 2 aromatic rings. The Hall–Kier alpha value is -4.01. The first kappa shape index (κ1) is 25.1. The number of hydrogen-bond acceptors (Lipinski definition) is 7. The minimum atomic E-state index is -0.752. The van der Waals surface area contributed by atoms with Crippen molar-refractivity contribution >= 4 is 41.0 Å². The normalized spacial score (nSPS) is 19.0. The number of esters is 2. The molecule has 3 amide bonds. The van der Waals surface area contributed by atoms with E-state index in [0.29, 0.717) is 36.4 Å². The molecule has 1 N–H and O–H groups in total. The number of amides is 3. The van der Waals surface area contributed by atoms with E-state index in [1.807, 2.05) is 6.92 Å². The molecule has 1 saturated carbocycles. The van der Waals surface area contributed by atoms with Crippen molar-refractivity contribution in [2.75, 3.05) is 23.4 Å². The highest BCUT2D eigenvalue weighted by Gasteiger charge is 2.48. The first-order valence-electron chi connectivity index (χ1n) is 12.1. The van der Waals surface area contributed by atoms with Gasteiger partial charge in [0.15, 0.2) is 6.61 Å². The molecule has 0 bridgehead atoms. The Bertz CT molecular complexity index is 1150. The fraction of sp³-hybridized carbons (Fsp3) is 0.370. The van der Waals surface area contributed by atoms with E-state index >= 15 is 0 Å². The third-order valence-electron chi connectivity index (χ3n) is 6.36. The second-order valence-corrected chi connectivity index (χ2v) is 8.90. The van der Waals surface area contributed by atoms with Gasteiger partial charge in [-0.25, -0.2) is 9.59 Å². The van der Waals surface area contributed by atoms with E-state index in [0.717, 1.165) is 19.3 Å². The van der Waals surface area contributed by atoms with Crippen LogP contribution in [0.15, 0.2) is 48.5 Å². The van der Waals surface area contributed by atoms with E-state index in [4.69, 9.17) is 9.47 Å². The highest BCUT2D eigenvalue weighted by Crippen LogP contribution is 2.40. The summed E-state index contributed by atoms with van der Waals surface area (Å²) < 4.78 is 10.2. The van der Waals surface area contributed by atoms with E-state index in [2.05, 4.69) is 5.32 Å². The molecular weight excluding hydrogens is 464 g/mol. The number of imide groups is 1. The van der Waals surface area contributed by atoms with Gasteiger partial charge in [0.25, 0.3) is 5.91 Å². The number of nitrogens with zero attached hydrogens (tertiary/aromatic N) is 1. The van der Waals surface area contributed by atoms with Crippen LogP contribution in [-0.4, -0.2) is 42.9 Å². The molecule has 2 fully saturated rings. The van der Waals surface area contributed by atoms with Crippen molar-refractivity contribution in [3.8, 4) is 0 Å². The predicted octanol–water partition coefficient (Wildman–Crippen LogP) is 3.73. The molecule has 9 heteroatoms. The van der Waals surface area contributed by atoms with Crippen LogP contribution in [0.1, 0.15) is 59.7 Å². The molecule has 1 aliphatic heterocycles. The van der Waals surface area contributed by atoms with Crippen molar-refractivity contribution in [3.05, 3.63) is 59.7 Å². The van der Waals surface area contributed by atoms with Gasteiger partial charge >= 0.3 is 11.9 Å².